The van der Waals surface area contributed by atoms with Gasteiger partial charge in [0.2, 0.25) is 0 Å². The van der Waals surface area contributed by atoms with Crippen LogP contribution in [0, 0.1) is 0 Å². The number of rotatable bonds is 7. The van der Waals surface area contributed by atoms with Crippen molar-refractivity contribution in [3.63, 3.8) is 0 Å². The Bertz CT molecular complexity index is 1310. The number of carbonyl (C=O) groups is 3. The molecule has 0 aliphatic carbocycles. The molecule has 0 N–H and O–H groups in total. The molecule has 174 valence electrons. The van der Waals surface area contributed by atoms with Crippen LogP contribution in [0.25, 0.3) is 16.8 Å². The quantitative estimate of drug-likeness (QED) is 0.293. The molecule has 1 saturated heterocycles. The topological polar surface area (TPSA) is 72.9 Å². The summed E-state index contributed by atoms with van der Waals surface area (Å²) in [5, 5.41) is 1.90. The number of halogens is 1. The number of imide groups is 1. The molecule has 34 heavy (non-hydrogen) atoms. The molecule has 1 aliphatic heterocycles. The van der Waals surface area contributed by atoms with Crippen LogP contribution in [0.5, 0.6) is 5.75 Å². The Morgan fingerprint density at radius 3 is 2.59 bits per heavy atom. The molecule has 1 heterocycles. The molecular formula is C26H22ClNO5S. The van der Waals surface area contributed by atoms with Gasteiger partial charge >= 0.3 is 5.97 Å². The summed E-state index contributed by atoms with van der Waals surface area (Å²) in [6, 6.07) is 17.9. The minimum absolute atomic E-state index is 0.164. The number of carbonyl (C=O) groups excluding carboxylic acids is 3. The first kappa shape index (κ1) is 23.9. The highest BCUT2D eigenvalue weighted by Gasteiger charge is 2.41. The van der Waals surface area contributed by atoms with E-state index in [2.05, 4.69) is 0 Å². The van der Waals surface area contributed by atoms with Crippen molar-refractivity contribution in [2.45, 2.75) is 26.5 Å². The van der Waals surface area contributed by atoms with E-state index in [4.69, 9.17) is 21.1 Å². The van der Waals surface area contributed by atoms with Gasteiger partial charge in [0.1, 0.15) is 18.4 Å². The van der Waals surface area contributed by atoms with E-state index in [0.717, 1.165) is 33.0 Å². The number of benzene rings is 3. The maximum Gasteiger partial charge on any atom is 0.329 e. The summed E-state index contributed by atoms with van der Waals surface area (Å²) in [7, 11) is 0. The second-order valence-electron chi connectivity index (χ2n) is 7.56. The second-order valence-corrected chi connectivity index (χ2v) is 8.96. The number of thioether (sulfide) groups is 1. The standard InChI is InChI=1S/C26H22ClNO5S/c1-3-32-25(30)16(2)28-24(29)23(34-26(28)31)14-20-19-10-6-4-8-17(19)12-13-22(20)33-15-18-9-5-7-11-21(18)27/h4-14,16H,3,15H2,1-2H3/b23-14+/t16-/m1/s1. The third kappa shape index (κ3) is 4.81. The maximum absolute atomic E-state index is 13.1. The Kier molecular flexibility index (Phi) is 7.24. The van der Waals surface area contributed by atoms with Crippen LogP contribution in [0.3, 0.4) is 0 Å². The van der Waals surface area contributed by atoms with Crippen LogP contribution in [0.1, 0.15) is 25.0 Å². The van der Waals surface area contributed by atoms with Crippen LogP contribution < -0.4 is 4.74 Å². The van der Waals surface area contributed by atoms with E-state index >= 15 is 0 Å². The van der Waals surface area contributed by atoms with Gasteiger partial charge in [-0.25, -0.2) is 4.79 Å². The molecule has 0 aromatic heterocycles. The molecule has 2 amide bonds. The summed E-state index contributed by atoms with van der Waals surface area (Å²) < 4.78 is 11.1. The molecule has 0 unspecified atom stereocenters. The van der Waals surface area contributed by atoms with Crippen LogP contribution in [-0.2, 0) is 20.9 Å². The first-order valence-corrected chi connectivity index (χ1v) is 11.9. The van der Waals surface area contributed by atoms with Crippen LogP contribution in [0.4, 0.5) is 4.79 Å². The summed E-state index contributed by atoms with van der Waals surface area (Å²) >= 11 is 7.06. The Morgan fingerprint density at radius 1 is 1.09 bits per heavy atom. The SMILES string of the molecule is CCOC(=O)[C@@H](C)N1C(=O)S/C(=C/c2c(OCc3ccccc3Cl)ccc3ccccc23)C1=O. The summed E-state index contributed by atoms with van der Waals surface area (Å²) in [4.78, 5) is 39.0. The fraction of sp³-hybridized carbons (Fsp3) is 0.192. The fourth-order valence-corrected chi connectivity index (χ4v) is 4.71. The number of esters is 1. The smallest absolute Gasteiger partial charge is 0.329 e. The van der Waals surface area contributed by atoms with E-state index in [1.54, 1.807) is 19.1 Å². The highest BCUT2D eigenvalue weighted by molar-refractivity contribution is 8.18. The van der Waals surface area contributed by atoms with E-state index < -0.39 is 23.2 Å². The Balaban J connectivity index is 1.71. The van der Waals surface area contributed by atoms with Crippen LogP contribution in [-0.4, -0.2) is 34.7 Å². The molecule has 0 spiro atoms. The van der Waals surface area contributed by atoms with Crippen molar-refractivity contribution in [1.29, 1.82) is 0 Å². The highest BCUT2D eigenvalue weighted by Crippen LogP contribution is 2.38. The van der Waals surface area contributed by atoms with Crippen molar-refractivity contribution in [3.8, 4) is 5.75 Å². The number of hydrogen-bond acceptors (Lipinski definition) is 6. The molecule has 0 radical (unpaired) electrons. The summed E-state index contributed by atoms with van der Waals surface area (Å²) in [5.74, 6) is -0.621. The number of hydrogen-bond donors (Lipinski definition) is 0. The summed E-state index contributed by atoms with van der Waals surface area (Å²) in [5.41, 5.74) is 1.49. The lowest BCUT2D eigenvalue weighted by molar-refractivity contribution is -0.150. The van der Waals surface area contributed by atoms with Crippen molar-refractivity contribution in [2.75, 3.05) is 6.61 Å². The predicted molar refractivity (Wildman–Crippen MR) is 134 cm³/mol. The number of amides is 2. The zero-order valence-corrected chi connectivity index (χ0v) is 20.2. The first-order chi connectivity index (χ1) is 16.4. The number of fused-ring (bicyclic) bond motifs is 1. The van der Waals surface area contributed by atoms with Crippen molar-refractivity contribution in [1.82, 2.24) is 4.90 Å². The van der Waals surface area contributed by atoms with Crippen molar-refractivity contribution < 1.29 is 23.9 Å². The molecule has 3 aromatic carbocycles. The summed E-state index contributed by atoms with van der Waals surface area (Å²) in [6.45, 7) is 3.55. The van der Waals surface area contributed by atoms with Crippen molar-refractivity contribution in [3.05, 3.63) is 81.7 Å². The minimum atomic E-state index is -1.01. The van der Waals surface area contributed by atoms with Gasteiger partial charge in [-0.15, -0.1) is 0 Å². The van der Waals surface area contributed by atoms with Crippen LogP contribution >= 0.6 is 23.4 Å². The third-order valence-corrected chi connectivity index (χ3v) is 6.64. The molecule has 4 rings (SSSR count). The predicted octanol–water partition coefficient (Wildman–Crippen LogP) is 6.06. The third-order valence-electron chi connectivity index (χ3n) is 5.39. The van der Waals surface area contributed by atoms with Gasteiger partial charge in [0.25, 0.3) is 11.1 Å². The zero-order valence-electron chi connectivity index (χ0n) is 18.6. The largest absolute Gasteiger partial charge is 0.488 e. The Morgan fingerprint density at radius 2 is 1.82 bits per heavy atom. The van der Waals surface area contributed by atoms with Gasteiger partial charge in [-0.3, -0.25) is 14.5 Å². The molecule has 0 saturated carbocycles. The molecule has 6 nitrogen and oxygen atoms in total. The molecule has 1 fully saturated rings. The van der Waals surface area contributed by atoms with E-state index in [-0.39, 0.29) is 18.1 Å². The van der Waals surface area contributed by atoms with Gasteiger partial charge in [-0.1, -0.05) is 60.1 Å². The molecule has 8 heteroatoms. The lowest BCUT2D eigenvalue weighted by Crippen LogP contribution is -2.42. The second kappa shape index (κ2) is 10.3. The minimum Gasteiger partial charge on any atom is -0.488 e. The highest BCUT2D eigenvalue weighted by atomic mass is 35.5. The Hall–Kier alpha value is -3.29. The average Bonchev–Trinajstić information content (AvgIpc) is 3.11. The van der Waals surface area contributed by atoms with Crippen molar-refractivity contribution >= 4 is 57.3 Å². The van der Waals surface area contributed by atoms with Gasteiger partial charge in [-0.05, 0) is 54.6 Å². The lowest BCUT2D eigenvalue weighted by Gasteiger charge is -2.19. The van der Waals surface area contributed by atoms with E-state index in [1.165, 1.54) is 6.92 Å². The van der Waals surface area contributed by atoms with E-state index in [0.29, 0.717) is 16.3 Å². The molecular weight excluding hydrogens is 474 g/mol. The number of nitrogens with zero attached hydrogens (tertiary/aromatic N) is 1. The van der Waals surface area contributed by atoms with Gasteiger partial charge in [0, 0.05) is 16.1 Å². The zero-order chi connectivity index (χ0) is 24.2. The Labute approximate surface area is 206 Å². The molecule has 3 aromatic rings. The fourth-order valence-electron chi connectivity index (χ4n) is 3.63. The van der Waals surface area contributed by atoms with Gasteiger partial charge in [0.05, 0.1) is 11.5 Å². The van der Waals surface area contributed by atoms with Gasteiger partial charge < -0.3 is 9.47 Å². The van der Waals surface area contributed by atoms with E-state index in [9.17, 15) is 14.4 Å². The summed E-state index contributed by atoms with van der Waals surface area (Å²) in [6.07, 6.45) is 1.65. The van der Waals surface area contributed by atoms with E-state index in [1.807, 2.05) is 54.6 Å². The van der Waals surface area contributed by atoms with Crippen molar-refractivity contribution in [2.24, 2.45) is 0 Å². The van der Waals surface area contributed by atoms with Gasteiger partial charge in [-0.2, -0.15) is 0 Å². The molecule has 0 bridgehead atoms. The first-order valence-electron chi connectivity index (χ1n) is 10.7. The van der Waals surface area contributed by atoms with Gasteiger partial charge in [0.15, 0.2) is 0 Å². The average molecular weight is 496 g/mol. The van der Waals surface area contributed by atoms with Crippen LogP contribution in [0.2, 0.25) is 5.02 Å². The maximum atomic E-state index is 13.1. The molecule has 1 atom stereocenters. The molecule has 1 aliphatic rings. The lowest BCUT2D eigenvalue weighted by atomic mass is 10.0. The normalized spacial score (nSPS) is 15.7. The van der Waals surface area contributed by atoms with Crippen LogP contribution in [0.15, 0.2) is 65.6 Å². The monoisotopic (exact) mass is 495 g/mol. The number of ether oxygens (including phenoxy) is 2.